The molecule has 1 saturated heterocycles. The molecule has 4 nitrogen and oxygen atoms in total. The lowest BCUT2D eigenvalue weighted by Crippen LogP contribution is -2.54. The molecule has 0 saturated carbocycles. The molecule has 0 spiro atoms. The first kappa shape index (κ1) is 17.0. The van der Waals surface area contributed by atoms with Crippen LogP contribution in [0.4, 0.5) is 0 Å². The smallest absolute Gasteiger partial charge is 0.239 e. The van der Waals surface area contributed by atoms with Gasteiger partial charge in [-0.3, -0.25) is 9.69 Å². The highest BCUT2D eigenvalue weighted by Crippen LogP contribution is 2.23. The fourth-order valence-electron chi connectivity index (χ4n) is 3.20. The number of nitrogens with two attached hydrogens (primary N) is 1. The van der Waals surface area contributed by atoms with Gasteiger partial charge in [-0.2, -0.15) is 0 Å². The number of amides is 1. The molecule has 122 valence electrons. The molecule has 1 aliphatic heterocycles. The van der Waals surface area contributed by atoms with Crippen LogP contribution in [-0.4, -0.2) is 47.9 Å². The van der Waals surface area contributed by atoms with Crippen molar-refractivity contribution in [1.82, 2.24) is 9.80 Å². The number of hydrogen-bond acceptors (Lipinski definition) is 3. The van der Waals surface area contributed by atoms with E-state index in [1.54, 1.807) is 0 Å². The molecular formula is C18H29N3O. The van der Waals surface area contributed by atoms with Crippen molar-refractivity contribution in [3.8, 4) is 0 Å². The SMILES string of the molecule is CC1CCN(C(=O)C(C)N(C)Cc2ccccc2)C(CN)C1. The number of hydrogen-bond donors (Lipinski definition) is 1. The Bertz CT molecular complexity index is 476. The van der Waals surface area contributed by atoms with E-state index in [1.807, 2.05) is 37.1 Å². The molecule has 0 aliphatic carbocycles. The van der Waals surface area contributed by atoms with Crippen molar-refractivity contribution in [2.24, 2.45) is 11.7 Å². The first-order chi connectivity index (χ1) is 10.5. The van der Waals surface area contributed by atoms with Crippen LogP contribution >= 0.6 is 0 Å². The highest BCUT2D eigenvalue weighted by Gasteiger charge is 2.32. The van der Waals surface area contributed by atoms with Crippen LogP contribution in [0.15, 0.2) is 30.3 Å². The summed E-state index contributed by atoms with van der Waals surface area (Å²) in [6.45, 7) is 6.42. The van der Waals surface area contributed by atoms with Crippen LogP contribution < -0.4 is 5.73 Å². The second-order valence-corrected chi connectivity index (χ2v) is 6.63. The largest absolute Gasteiger partial charge is 0.337 e. The van der Waals surface area contributed by atoms with Crippen molar-refractivity contribution < 1.29 is 4.79 Å². The quantitative estimate of drug-likeness (QED) is 0.906. The zero-order valence-electron chi connectivity index (χ0n) is 14.0. The van der Waals surface area contributed by atoms with Crippen molar-refractivity contribution in [2.75, 3.05) is 20.1 Å². The van der Waals surface area contributed by atoms with Crippen molar-refractivity contribution in [3.05, 3.63) is 35.9 Å². The van der Waals surface area contributed by atoms with Gasteiger partial charge in [0.2, 0.25) is 5.91 Å². The molecule has 1 fully saturated rings. The minimum atomic E-state index is -0.123. The van der Waals surface area contributed by atoms with E-state index in [1.165, 1.54) is 5.56 Å². The maximum atomic E-state index is 12.8. The number of likely N-dealkylation sites (tertiary alicyclic amines) is 1. The molecule has 1 aliphatic rings. The third-order valence-corrected chi connectivity index (χ3v) is 4.83. The second kappa shape index (κ2) is 7.75. The number of piperidine rings is 1. The van der Waals surface area contributed by atoms with E-state index in [-0.39, 0.29) is 18.0 Å². The Morgan fingerprint density at radius 2 is 2.09 bits per heavy atom. The molecule has 1 heterocycles. The third-order valence-electron chi connectivity index (χ3n) is 4.83. The summed E-state index contributed by atoms with van der Waals surface area (Å²) in [7, 11) is 2.01. The predicted molar refractivity (Wildman–Crippen MR) is 90.3 cm³/mol. The lowest BCUT2D eigenvalue weighted by atomic mass is 9.92. The summed E-state index contributed by atoms with van der Waals surface area (Å²) in [5.41, 5.74) is 7.11. The van der Waals surface area contributed by atoms with Gasteiger partial charge in [0.25, 0.3) is 0 Å². The lowest BCUT2D eigenvalue weighted by Gasteiger charge is -2.40. The maximum absolute atomic E-state index is 12.8. The Morgan fingerprint density at radius 1 is 1.41 bits per heavy atom. The molecular weight excluding hydrogens is 274 g/mol. The second-order valence-electron chi connectivity index (χ2n) is 6.63. The van der Waals surface area contributed by atoms with E-state index in [4.69, 9.17) is 5.73 Å². The summed E-state index contributed by atoms with van der Waals surface area (Å²) in [6, 6.07) is 10.3. The Morgan fingerprint density at radius 3 is 2.73 bits per heavy atom. The molecule has 4 heteroatoms. The van der Waals surface area contributed by atoms with Crippen LogP contribution in [0.5, 0.6) is 0 Å². The number of nitrogens with zero attached hydrogens (tertiary/aromatic N) is 2. The normalized spacial score (nSPS) is 23.6. The summed E-state index contributed by atoms with van der Waals surface area (Å²) >= 11 is 0. The maximum Gasteiger partial charge on any atom is 0.239 e. The van der Waals surface area contributed by atoms with Crippen LogP contribution in [0.1, 0.15) is 32.3 Å². The van der Waals surface area contributed by atoms with Crippen LogP contribution in [0.2, 0.25) is 0 Å². The van der Waals surface area contributed by atoms with Gasteiger partial charge in [-0.05, 0) is 38.3 Å². The Kier molecular flexibility index (Phi) is 5.98. The number of rotatable bonds is 5. The molecule has 2 N–H and O–H groups in total. The summed E-state index contributed by atoms with van der Waals surface area (Å²) in [6.07, 6.45) is 2.11. The number of benzene rings is 1. The molecule has 1 aromatic rings. The highest BCUT2D eigenvalue weighted by atomic mass is 16.2. The average Bonchev–Trinajstić information content (AvgIpc) is 2.54. The molecule has 22 heavy (non-hydrogen) atoms. The van der Waals surface area contributed by atoms with Gasteiger partial charge in [0, 0.05) is 25.7 Å². The van der Waals surface area contributed by atoms with Crippen LogP contribution in [0.3, 0.4) is 0 Å². The lowest BCUT2D eigenvalue weighted by molar-refractivity contribution is -0.140. The summed E-state index contributed by atoms with van der Waals surface area (Å²) in [5.74, 6) is 0.871. The summed E-state index contributed by atoms with van der Waals surface area (Å²) in [5, 5.41) is 0. The van der Waals surface area contributed by atoms with Crippen LogP contribution in [0.25, 0.3) is 0 Å². The van der Waals surface area contributed by atoms with Crippen molar-refractivity contribution >= 4 is 5.91 Å². The predicted octanol–water partition coefficient (Wildman–Crippen LogP) is 2.09. The van der Waals surface area contributed by atoms with Crippen molar-refractivity contribution in [3.63, 3.8) is 0 Å². The average molecular weight is 303 g/mol. The van der Waals surface area contributed by atoms with E-state index < -0.39 is 0 Å². The minimum absolute atomic E-state index is 0.123. The number of likely N-dealkylation sites (N-methyl/N-ethyl adjacent to an activating group) is 1. The zero-order valence-corrected chi connectivity index (χ0v) is 14.0. The topological polar surface area (TPSA) is 49.6 Å². The van der Waals surface area contributed by atoms with E-state index in [9.17, 15) is 4.79 Å². The molecule has 2 rings (SSSR count). The Balaban J connectivity index is 1.98. The van der Waals surface area contributed by atoms with Gasteiger partial charge in [0.15, 0.2) is 0 Å². The fraction of sp³-hybridized carbons (Fsp3) is 0.611. The number of carbonyl (C=O) groups is 1. The fourth-order valence-corrected chi connectivity index (χ4v) is 3.20. The Labute approximate surface area is 134 Å². The molecule has 0 aromatic heterocycles. The van der Waals surface area contributed by atoms with E-state index >= 15 is 0 Å². The van der Waals surface area contributed by atoms with Crippen molar-refractivity contribution in [1.29, 1.82) is 0 Å². The highest BCUT2D eigenvalue weighted by molar-refractivity contribution is 5.82. The van der Waals surface area contributed by atoms with Gasteiger partial charge < -0.3 is 10.6 Å². The molecule has 3 unspecified atom stereocenters. The van der Waals surface area contributed by atoms with Gasteiger partial charge in [-0.15, -0.1) is 0 Å². The van der Waals surface area contributed by atoms with Gasteiger partial charge in [0.05, 0.1) is 6.04 Å². The van der Waals surface area contributed by atoms with Gasteiger partial charge in [0.1, 0.15) is 0 Å². The van der Waals surface area contributed by atoms with Crippen LogP contribution in [-0.2, 0) is 11.3 Å². The summed E-state index contributed by atoms with van der Waals surface area (Å²) < 4.78 is 0. The van der Waals surface area contributed by atoms with E-state index in [0.29, 0.717) is 12.5 Å². The molecule has 1 amide bonds. The van der Waals surface area contributed by atoms with Crippen LogP contribution in [0, 0.1) is 5.92 Å². The standard InChI is InChI=1S/C18H29N3O/c1-14-9-10-21(17(11-14)12-19)18(22)15(2)20(3)13-16-7-5-4-6-8-16/h4-8,14-15,17H,9-13,19H2,1-3H3. The summed E-state index contributed by atoms with van der Waals surface area (Å²) in [4.78, 5) is 17.0. The first-order valence-corrected chi connectivity index (χ1v) is 8.27. The Hall–Kier alpha value is -1.39. The molecule has 3 atom stereocenters. The van der Waals surface area contributed by atoms with Gasteiger partial charge in [-0.1, -0.05) is 37.3 Å². The van der Waals surface area contributed by atoms with E-state index in [2.05, 4.69) is 24.0 Å². The van der Waals surface area contributed by atoms with E-state index in [0.717, 1.165) is 25.9 Å². The molecule has 0 radical (unpaired) electrons. The number of carbonyl (C=O) groups excluding carboxylic acids is 1. The monoisotopic (exact) mass is 303 g/mol. The first-order valence-electron chi connectivity index (χ1n) is 8.27. The van der Waals surface area contributed by atoms with Gasteiger partial charge in [-0.25, -0.2) is 0 Å². The molecule has 0 bridgehead atoms. The zero-order chi connectivity index (χ0) is 16.1. The molecule has 1 aromatic carbocycles. The minimum Gasteiger partial charge on any atom is -0.337 e. The van der Waals surface area contributed by atoms with Gasteiger partial charge >= 0.3 is 0 Å². The third kappa shape index (κ3) is 4.08. The van der Waals surface area contributed by atoms with Crippen molar-refractivity contribution in [2.45, 2.75) is 45.3 Å².